The fourth-order valence-corrected chi connectivity index (χ4v) is 4.59. The molecule has 0 radical (unpaired) electrons. The molecule has 5 nitrogen and oxygen atoms in total. The molecule has 2 atom stereocenters. The van der Waals surface area contributed by atoms with Crippen LogP contribution in [0.1, 0.15) is 57.2 Å². The summed E-state index contributed by atoms with van der Waals surface area (Å²) in [5, 5.41) is 0. The number of benzene rings is 1. The lowest BCUT2D eigenvalue weighted by Gasteiger charge is -2.45. The molecule has 150 valence electrons. The summed E-state index contributed by atoms with van der Waals surface area (Å²) in [6, 6.07) is 5.02. The second-order valence-electron chi connectivity index (χ2n) is 8.30. The summed E-state index contributed by atoms with van der Waals surface area (Å²) < 4.78 is 11.0. The zero-order valence-corrected chi connectivity index (χ0v) is 17.5. The first-order chi connectivity index (χ1) is 12.9. The molecule has 0 unspecified atom stereocenters. The van der Waals surface area contributed by atoms with Crippen molar-refractivity contribution in [3.63, 3.8) is 0 Å². The molecule has 0 N–H and O–H groups in total. The van der Waals surface area contributed by atoms with E-state index in [-0.39, 0.29) is 0 Å². The monoisotopic (exact) mass is 374 g/mol. The highest BCUT2D eigenvalue weighted by molar-refractivity contribution is 5.76. The highest BCUT2D eigenvalue weighted by Gasteiger charge is 2.34. The summed E-state index contributed by atoms with van der Waals surface area (Å²) >= 11 is 0. The van der Waals surface area contributed by atoms with E-state index in [1.165, 1.54) is 17.5 Å². The summed E-state index contributed by atoms with van der Waals surface area (Å²) in [5.41, 5.74) is 2.67. The minimum absolute atomic E-state index is 0.311. The summed E-state index contributed by atoms with van der Waals surface area (Å²) in [6.45, 7) is 9.30. The smallest absolute Gasteiger partial charge is 0.222 e. The number of likely N-dealkylation sites (tertiary alicyclic amines) is 1. The summed E-state index contributed by atoms with van der Waals surface area (Å²) in [7, 11) is 3.38. The molecule has 2 aliphatic heterocycles. The fraction of sp³-hybridized carbons (Fsp3) is 0.682. The molecule has 1 aromatic carbocycles. The maximum Gasteiger partial charge on any atom is 0.222 e. The number of amides is 1. The lowest BCUT2D eigenvalue weighted by molar-refractivity contribution is -0.134. The Bertz CT molecular complexity index is 674. The van der Waals surface area contributed by atoms with Gasteiger partial charge in [0.25, 0.3) is 0 Å². The molecule has 1 amide bonds. The van der Waals surface area contributed by atoms with Crippen molar-refractivity contribution >= 4 is 5.91 Å². The Hall–Kier alpha value is -1.75. The highest BCUT2D eigenvalue weighted by Crippen LogP contribution is 2.39. The lowest BCUT2D eigenvalue weighted by atomic mass is 9.90. The molecule has 2 aliphatic rings. The minimum atomic E-state index is 0.311. The van der Waals surface area contributed by atoms with Crippen molar-refractivity contribution in [2.24, 2.45) is 5.92 Å². The number of hydrogen-bond donors (Lipinski definition) is 0. The maximum atomic E-state index is 12.5. The standard InChI is InChI=1S/C22H34N2O3/c1-15(2)11-22(25)23-9-6-7-18(14-23)24-10-8-17-12-20(26-4)21(27-5)13-19(17)16(24)3/h12-13,15-16,18H,6-11,14H2,1-5H3/t16-,18+/m0/s1. The SMILES string of the molecule is COc1cc2c(cc1OC)[C@H](C)N([C@@H]1CCCN(C(=O)CC(C)C)C1)CC2. The van der Waals surface area contributed by atoms with Crippen molar-refractivity contribution in [1.82, 2.24) is 9.80 Å². The van der Waals surface area contributed by atoms with Crippen LogP contribution in [0, 0.1) is 5.92 Å². The predicted molar refractivity (Wildman–Crippen MR) is 107 cm³/mol. The van der Waals surface area contributed by atoms with E-state index >= 15 is 0 Å². The first-order valence-corrected chi connectivity index (χ1v) is 10.2. The van der Waals surface area contributed by atoms with Crippen LogP contribution in [0.5, 0.6) is 11.5 Å². The average molecular weight is 375 g/mol. The number of piperidine rings is 1. The van der Waals surface area contributed by atoms with Crippen LogP contribution in [0.4, 0.5) is 0 Å². The summed E-state index contributed by atoms with van der Waals surface area (Å²) in [5.74, 6) is 2.33. The van der Waals surface area contributed by atoms with E-state index in [0.29, 0.717) is 30.3 Å². The van der Waals surface area contributed by atoms with E-state index in [1.54, 1.807) is 14.2 Å². The Kier molecular flexibility index (Phi) is 6.30. The largest absolute Gasteiger partial charge is 0.493 e. The van der Waals surface area contributed by atoms with Gasteiger partial charge in [-0.1, -0.05) is 13.8 Å². The molecule has 0 aromatic heterocycles. The van der Waals surface area contributed by atoms with Crippen LogP contribution in [0.15, 0.2) is 12.1 Å². The van der Waals surface area contributed by atoms with Crippen molar-refractivity contribution in [2.45, 2.75) is 58.5 Å². The topological polar surface area (TPSA) is 42.0 Å². The van der Waals surface area contributed by atoms with E-state index in [1.807, 2.05) is 0 Å². The van der Waals surface area contributed by atoms with Crippen molar-refractivity contribution in [2.75, 3.05) is 33.9 Å². The second kappa shape index (κ2) is 8.51. The summed E-state index contributed by atoms with van der Waals surface area (Å²) in [4.78, 5) is 17.2. The fourth-order valence-electron chi connectivity index (χ4n) is 4.59. The van der Waals surface area contributed by atoms with Gasteiger partial charge >= 0.3 is 0 Å². The number of carbonyl (C=O) groups is 1. The van der Waals surface area contributed by atoms with Gasteiger partial charge in [0.15, 0.2) is 11.5 Å². The first kappa shape index (κ1) is 20.0. The lowest BCUT2D eigenvalue weighted by Crippen LogP contribution is -2.52. The number of nitrogens with zero attached hydrogens (tertiary/aromatic N) is 2. The highest BCUT2D eigenvalue weighted by atomic mass is 16.5. The zero-order valence-electron chi connectivity index (χ0n) is 17.5. The molecular weight excluding hydrogens is 340 g/mol. The quantitative estimate of drug-likeness (QED) is 0.789. The third-order valence-corrected chi connectivity index (χ3v) is 6.03. The Morgan fingerprint density at radius 1 is 1.19 bits per heavy atom. The van der Waals surface area contributed by atoms with Gasteiger partial charge in [-0.05, 0) is 55.4 Å². The average Bonchev–Trinajstić information content (AvgIpc) is 2.67. The molecule has 0 bridgehead atoms. The molecule has 0 spiro atoms. The van der Waals surface area contributed by atoms with Crippen LogP contribution in [-0.4, -0.2) is 55.6 Å². The van der Waals surface area contributed by atoms with Gasteiger partial charge in [-0.2, -0.15) is 0 Å². The Morgan fingerprint density at radius 3 is 2.56 bits per heavy atom. The number of fused-ring (bicyclic) bond motifs is 1. The van der Waals surface area contributed by atoms with E-state index in [0.717, 1.165) is 44.0 Å². The Balaban J connectivity index is 1.76. The van der Waals surface area contributed by atoms with Crippen molar-refractivity contribution in [3.8, 4) is 11.5 Å². The van der Waals surface area contributed by atoms with E-state index in [9.17, 15) is 4.79 Å². The molecule has 2 heterocycles. The van der Waals surface area contributed by atoms with E-state index in [2.05, 4.69) is 42.7 Å². The molecular formula is C22H34N2O3. The summed E-state index contributed by atoms with van der Waals surface area (Å²) in [6.07, 6.45) is 3.92. The predicted octanol–water partition coefficient (Wildman–Crippen LogP) is 3.66. The first-order valence-electron chi connectivity index (χ1n) is 10.2. The van der Waals surface area contributed by atoms with Gasteiger partial charge in [0, 0.05) is 38.1 Å². The number of rotatable bonds is 5. The van der Waals surface area contributed by atoms with Gasteiger partial charge in [0.2, 0.25) is 5.91 Å². The van der Waals surface area contributed by atoms with Crippen molar-refractivity contribution in [1.29, 1.82) is 0 Å². The number of ether oxygens (including phenoxy) is 2. The third-order valence-electron chi connectivity index (χ3n) is 6.03. The van der Waals surface area contributed by atoms with Crippen molar-refractivity contribution < 1.29 is 14.3 Å². The Labute approximate surface area is 163 Å². The number of methoxy groups -OCH3 is 2. The van der Waals surface area contributed by atoms with Crippen LogP contribution in [0.2, 0.25) is 0 Å². The van der Waals surface area contributed by atoms with Crippen LogP contribution in [0.25, 0.3) is 0 Å². The molecule has 3 rings (SSSR count). The zero-order chi connectivity index (χ0) is 19.6. The van der Waals surface area contributed by atoms with Crippen LogP contribution in [0.3, 0.4) is 0 Å². The third kappa shape index (κ3) is 4.23. The van der Waals surface area contributed by atoms with Crippen molar-refractivity contribution in [3.05, 3.63) is 23.3 Å². The molecule has 5 heteroatoms. The molecule has 1 fully saturated rings. The van der Waals surface area contributed by atoms with E-state index in [4.69, 9.17) is 9.47 Å². The van der Waals surface area contributed by atoms with Crippen LogP contribution < -0.4 is 9.47 Å². The van der Waals surface area contributed by atoms with Gasteiger partial charge in [-0.3, -0.25) is 9.69 Å². The molecule has 0 saturated carbocycles. The Morgan fingerprint density at radius 2 is 1.89 bits per heavy atom. The normalized spacial score (nSPS) is 23.3. The van der Waals surface area contributed by atoms with E-state index < -0.39 is 0 Å². The molecule has 1 saturated heterocycles. The van der Waals surface area contributed by atoms with Gasteiger partial charge in [0.1, 0.15) is 0 Å². The minimum Gasteiger partial charge on any atom is -0.493 e. The van der Waals surface area contributed by atoms with Crippen LogP contribution >= 0.6 is 0 Å². The van der Waals surface area contributed by atoms with Gasteiger partial charge in [-0.25, -0.2) is 0 Å². The second-order valence-corrected chi connectivity index (χ2v) is 8.30. The van der Waals surface area contributed by atoms with Gasteiger partial charge < -0.3 is 14.4 Å². The van der Waals surface area contributed by atoms with Crippen LogP contribution in [-0.2, 0) is 11.2 Å². The molecule has 27 heavy (non-hydrogen) atoms. The number of hydrogen-bond acceptors (Lipinski definition) is 4. The molecule has 1 aromatic rings. The molecule has 0 aliphatic carbocycles. The van der Waals surface area contributed by atoms with Gasteiger partial charge in [0.05, 0.1) is 14.2 Å². The maximum absolute atomic E-state index is 12.5. The number of carbonyl (C=O) groups excluding carboxylic acids is 1. The van der Waals surface area contributed by atoms with Gasteiger partial charge in [-0.15, -0.1) is 0 Å².